The van der Waals surface area contributed by atoms with Crippen molar-refractivity contribution in [3.05, 3.63) is 18.2 Å². The molecule has 0 aliphatic heterocycles. The lowest BCUT2D eigenvalue weighted by Gasteiger charge is -2.02. The number of nitrogens with one attached hydrogen (secondary N) is 2. The first kappa shape index (κ1) is 14.9. The number of aromatic nitrogens is 1. The van der Waals surface area contributed by atoms with E-state index in [0.717, 1.165) is 4.70 Å². The molecule has 0 aliphatic rings. The van der Waals surface area contributed by atoms with Gasteiger partial charge in [0.15, 0.2) is 5.13 Å². The van der Waals surface area contributed by atoms with Crippen LogP contribution < -0.4 is 10.6 Å². The van der Waals surface area contributed by atoms with Crippen LogP contribution in [0.3, 0.4) is 0 Å². The second kappa shape index (κ2) is 6.31. The van der Waals surface area contributed by atoms with Crippen LogP contribution in [0.25, 0.3) is 10.2 Å². The number of hydrogen-bond acceptors (Lipinski definition) is 6. The normalized spacial score (nSPS) is 10.2. The van der Waals surface area contributed by atoms with E-state index in [1.54, 1.807) is 18.2 Å². The number of benzene rings is 1. The SMILES string of the molecule is COC(=O)Nc1ccc2nc(NC(=O)CC(C)=O)sc2c1. The number of methoxy groups -OCH3 is 1. The number of hydrogen-bond donors (Lipinski definition) is 2. The molecule has 0 saturated carbocycles. The molecule has 2 aromatic rings. The fourth-order valence-corrected chi connectivity index (χ4v) is 2.54. The number of rotatable bonds is 4. The maximum Gasteiger partial charge on any atom is 0.411 e. The van der Waals surface area contributed by atoms with Crippen molar-refractivity contribution in [2.75, 3.05) is 17.7 Å². The molecule has 0 saturated heterocycles. The maximum atomic E-state index is 11.5. The van der Waals surface area contributed by atoms with Crippen molar-refractivity contribution in [3.8, 4) is 0 Å². The zero-order valence-electron chi connectivity index (χ0n) is 11.4. The number of carbonyl (C=O) groups excluding carboxylic acids is 3. The second-order valence-electron chi connectivity index (χ2n) is 4.25. The Labute approximate surface area is 124 Å². The fourth-order valence-electron chi connectivity index (χ4n) is 1.61. The summed E-state index contributed by atoms with van der Waals surface area (Å²) in [6.07, 6.45) is -0.737. The van der Waals surface area contributed by atoms with E-state index in [0.29, 0.717) is 16.3 Å². The number of fused-ring (bicyclic) bond motifs is 1. The predicted octanol–water partition coefficient (Wildman–Crippen LogP) is 2.39. The maximum absolute atomic E-state index is 11.5. The van der Waals surface area contributed by atoms with E-state index < -0.39 is 12.0 Å². The van der Waals surface area contributed by atoms with Gasteiger partial charge < -0.3 is 10.1 Å². The Bertz CT molecular complexity index is 711. The van der Waals surface area contributed by atoms with Gasteiger partial charge in [0, 0.05) is 5.69 Å². The Kier molecular flexibility index (Phi) is 4.49. The van der Waals surface area contributed by atoms with Crippen molar-refractivity contribution in [1.29, 1.82) is 0 Å². The van der Waals surface area contributed by atoms with E-state index in [2.05, 4.69) is 20.4 Å². The summed E-state index contributed by atoms with van der Waals surface area (Å²) in [5.41, 5.74) is 1.26. The first-order valence-corrected chi connectivity index (χ1v) is 6.84. The Hall–Kier alpha value is -2.48. The van der Waals surface area contributed by atoms with Crippen LogP contribution in [-0.4, -0.2) is 29.9 Å². The quantitative estimate of drug-likeness (QED) is 0.845. The number of anilines is 2. The molecular formula is C13H13N3O4S. The van der Waals surface area contributed by atoms with E-state index in [-0.39, 0.29) is 12.2 Å². The van der Waals surface area contributed by atoms with E-state index >= 15 is 0 Å². The monoisotopic (exact) mass is 307 g/mol. The highest BCUT2D eigenvalue weighted by atomic mass is 32.1. The third kappa shape index (κ3) is 3.99. The van der Waals surface area contributed by atoms with Crippen molar-refractivity contribution < 1.29 is 19.1 Å². The Morgan fingerprint density at radius 2 is 2.05 bits per heavy atom. The summed E-state index contributed by atoms with van der Waals surface area (Å²) < 4.78 is 5.30. The van der Waals surface area contributed by atoms with Crippen LogP contribution in [0.5, 0.6) is 0 Å². The zero-order chi connectivity index (χ0) is 15.4. The average molecular weight is 307 g/mol. The van der Waals surface area contributed by atoms with Gasteiger partial charge in [-0.25, -0.2) is 9.78 Å². The van der Waals surface area contributed by atoms with Crippen LogP contribution in [-0.2, 0) is 14.3 Å². The molecule has 0 atom stereocenters. The zero-order valence-corrected chi connectivity index (χ0v) is 12.2. The van der Waals surface area contributed by atoms with Crippen molar-refractivity contribution in [2.24, 2.45) is 0 Å². The van der Waals surface area contributed by atoms with Gasteiger partial charge in [-0.1, -0.05) is 11.3 Å². The molecule has 7 nitrogen and oxygen atoms in total. The first-order chi connectivity index (χ1) is 9.97. The summed E-state index contributed by atoms with van der Waals surface area (Å²) in [5.74, 6) is -0.604. The van der Waals surface area contributed by atoms with Crippen LogP contribution in [0.1, 0.15) is 13.3 Å². The number of nitrogens with zero attached hydrogens (tertiary/aromatic N) is 1. The van der Waals surface area contributed by atoms with Crippen molar-refractivity contribution in [1.82, 2.24) is 4.98 Å². The Balaban J connectivity index is 2.16. The first-order valence-electron chi connectivity index (χ1n) is 6.03. The highest BCUT2D eigenvalue weighted by Crippen LogP contribution is 2.28. The standard InChI is InChI=1S/C13H13N3O4S/c1-7(17)5-11(18)16-12-15-9-4-3-8(6-10(9)21-12)14-13(19)20-2/h3-4,6H,5H2,1-2H3,(H,14,19)(H,15,16,18). The van der Waals surface area contributed by atoms with Crippen LogP contribution in [0.2, 0.25) is 0 Å². The molecule has 0 fully saturated rings. The van der Waals surface area contributed by atoms with Crippen LogP contribution in [0, 0.1) is 0 Å². The molecule has 2 amide bonds. The molecular weight excluding hydrogens is 294 g/mol. The van der Waals surface area contributed by atoms with Gasteiger partial charge in [-0.05, 0) is 25.1 Å². The number of Topliss-reactive ketones (excluding diaryl/α,β-unsaturated/α-hetero) is 1. The lowest BCUT2D eigenvalue weighted by molar-refractivity contribution is -0.124. The van der Waals surface area contributed by atoms with Crippen molar-refractivity contribution in [2.45, 2.75) is 13.3 Å². The molecule has 2 N–H and O–H groups in total. The lowest BCUT2D eigenvalue weighted by Crippen LogP contribution is -2.14. The summed E-state index contributed by atoms with van der Waals surface area (Å²) in [6.45, 7) is 1.35. The lowest BCUT2D eigenvalue weighted by atomic mass is 10.3. The smallest absolute Gasteiger partial charge is 0.411 e. The summed E-state index contributed by atoms with van der Waals surface area (Å²) in [6, 6.07) is 5.13. The molecule has 0 unspecified atom stereocenters. The third-order valence-electron chi connectivity index (χ3n) is 2.48. The van der Waals surface area contributed by atoms with Gasteiger partial charge in [0.05, 0.1) is 23.7 Å². The second-order valence-corrected chi connectivity index (χ2v) is 5.28. The molecule has 1 aromatic carbocycles. The van der Waals surface area contributed by atoms with Gasteiger partial charge in [0.1, 0.15) is 5.78 Å². The summed E-state index contributed by atoms with van der Waals surface area (Å²) >= 11 is 1.26. The predicted molar refractivity (Wildman–Crippen MR) is 79.6 cm³/mol. The van der Waals surface area contributed by atoms with Crippen molar-refractivity contribution >= 4 is 50.2 Å². The Morgan fingerprint density at radius 3 is 2.71 bits per heavy atom. The largest absolute Gasteiger partial charge is 0.453 e. The molecule has 0 bridgehead atoms. The number of thiazole rings is 1. The molecule has 1 heterocycles. The summed E-state index contributed by atoms with van der Waals surface area (Å²) in [7, 11) is 1.28. The molecule has 8 heteroatoms. The van der Waals surface area contributed by atoms with Gasteiger partial charge in [0.2, 0.25) is 5.91 Å². The molecule has 0 spiro atoms. The fraction of sp³-hybridized carbons (Fsp3) is 0.231. The minimum atomic E-state index is -0.561. The number of ketones is 1. The van der Waals surface area contributed by atoms with E-state index in [9.17, 15) is 14.4 Å². The van der Waals surface area contributed by atoms with E-state index in [4.69, 9.17) is 0 Å². The summed E-state index contributed by atoms with van der Waals surface area (Å²) in [5, 5.41) is 5.52. The molecule has 0 aliphatic carbocycles. The number of ether oxygens (including phenoxy) is 1. The molecule has 2 rings (SSSR count). The molecule has 21 heavy (non-hydrogen) atoms. The molecule has 1 aromatic heterocycles. The van der Waals surface area contributed by atoms with Gasteiger partial charge >= 0.3 is 6.09 Å². The average Bonchev–Trinajstić information content (AvgIpc) is 2.78. The van der Waals surface area contributed by atoms with Crippen LogP contribution in [0.15, 0.2) is 18.2 Å². The Morgan fingerprint density at radius 1 is 1.29 bits per heavy atom. The topological polar surface area (TPSA) is 97.4 Å². The number of amides is 2. The van der Waals surface area contributed by atoms with Crippen LogP contribution in [0.4, 0.5) is 15.6 Å². The van der Waals surface area contributed by atoms with E-state index in [1.807, 2.05) is 0 Å². The van der Waals surface area contributed by atoms with Crippen LogP contribution >= 0.6 is 11.3 Å². The molecule has 110 valence electrons. The highest BCUT2D eigenvalue weighted by molar-refractivity contribution is 7.22. The summed E-state index contributed by atoms with van der Waals surface area (Å²) in [4.78, 5) is 37.7. The van der Waals surface area contributed by atoms with E-state index in [1.165, 1.54) is 25.4 Å². The molecule has 0 radical (unpaired) electrons. The van der Waals surface area contributed by atoms with Gasteiger partial charge in [-0.2, -0.15) is 0 Å². The van der Waals surface area contributed by atoms with Gasteiger partial charge in [-0.3, -0.25) is 14.9 Å². The third-order valence-corrected chi connectivity index (χ3v) is 3.41. The minimum Gasteiger partial charge on any atom is -0.453 e. The van der Waals surface area contributed by atoms with Gasteiger partial charge in [-0.15, -0.1) is 0 Å². The highest BCUT2D eigenvalue weighted by Gasteiger charge is 2.10. The van der Waals surface area contributed by atoms with Crippen molar-refractivity contribution in [3.63, 3.8) is 0 Å². The number of carbonyl (C=O) groups is 3. The van der Waals surface area contributed by atoms with Gasteiger partial charge in [0.25, 0.3) is 0 Å². The minimum absolute atomic E-state index is 0.176.